The van der Waals surface area contributed by atoms with Gasteiger partial charge in [0.05, 0.1) is 13.5 Å². The molecule has 0 radical (unpaired) electrons. The summed E-state index contributed by atoms with van der Waals surface area (Å²) in [5.41, 5.74) is 0. The monoisotopic (exact) mass is 414 g/mol. The molecule has 29 heavy (non-hydrogen) atoms. The molecule has 0 saturated carbocycles. The number of hydrogen-bond donors (Lipinski definition) is 4. The van der Waals surface area contributed by atoms with Crippen molar-refractivity contribution in [3.05, 3.63) is 0 Å². The maximum Gasteiger partial charge on any atom is 0.307 e. The van der Waals surface area contributed by atoms with Gasteiger partial charge in [0.15, 0.2) is 0 Å². The van der Waals surface area contributed by atoms with Crippen LogP contribution in [0.1, 0.15) is 59.3 Å². The van der Waals surface area contributed by atoms with Gasteiger partial charge in [-0.2, -0.15) is 0 Å². The van der Waals surface area contributed by atoms with E-state index in [0.29, 0.717) is 38.8 Å². The van der Waals surface area contributed by atoms with Crippen LogP contribution in [0.15, 0.2) is 0 Å². The molecule has 0 aromatic carbocycles. The van der Waals surface area contributed by atoms with E-state index in [1.54, 1.807) is 0 Å². The molecule has 0 aromatic rings. The molecule has 2 unspecified atom stereocenters. The second-order valence-electron chi connectivity index (χ2n) is 6.90. The average Bonchev–Trinajstić information content (AvgIpc) is 2.61. The molecule has 166 valence electrons. The lowest BCUT2D eigenvalue weighted by atomic mass is 10.0. The number of rotatable bonds is 14. The highest BCUT2D eigenvalue weighted by Crippen LogP contribution is 2.07. The Kier molecular flexibility index (Phi) is 13.9. The van der Waals surface area contributed by atoms with Gasteiger partial charge in [0.1, 0.15) is 0 Å². The van der Waals surface area contributed by atoms with Gasteiger partial charge >= 0.3 is 5.97 Å². The van der Waals surface area contributed by atoms with Gasteiger partial charge in [-0.1, -0.05) is 0 Å². The van der Waals surface area contributed by atoms with Gasteiger partial charge in [-0.05, 0) is 25.7 Å². The van der Waals surface area contributed by atoms with Crippen LogP contribution in [0.4, 0.5) is 0 Å². The molecule has 0 spiro atoms. The third kappa shape index (κ3) is 16.0. The van der Waals surface area contributed by atoms with Crippen LogP contribution >= 0.6 is 0 Å². The van der Waals surface area contributed by atoms with Crippen LogP contribution in [-0.4, -0.2) is 61.9 Å². The average molecular weight is 415 g/mol. The van der Waals surface area contributed by atoms with Crippen molar-refractivity contribution in [1.29, 1.82) is 0 Å². The van der Waals surface area contributed by atoms with Crippen LogP contribution in [0, 0.1) is 0 Å². The number of methoxy groups -OCH3 is 1. The summed E-state index contributed by atoms with van der Waals surface area (Å²) in [7, 11) is 1.28. The maximum atomic E-state index is 12.4. The van der Waals surface area contributed by atoms with Crippen LogP contribution in [0.5, 0.6) is 0 Å². The minimum atomic E-state index is -0.441. The minimum Gasteiger partial charge on any atom is -0.469 e. The van der Waals surface area contributed by atoms with Crippen molar-refractivity contribution in [3.8, 4) is 0 Å². The Labute approximate surface area is 171 Å². The summed E-state index contributed by atoms with van der Waals surface area (Å²) in [4.78, 5) is 57.3. The number of amides is 4. The smallest absolute Gasteiger partial charge is 0.307 e. The summed E-state index contributed by atoms with van der Waals surface area (Å²) in [6.07, 6.45) is 2.30. The summed E-state index contributed by atoms with van der Waals surface area (Å²) < 4.78 is 4.67. The molecule has 0 heterocycles. The first-order valence-electron chi connectivity index (χ1n) is 9.76. The first-order chi connectivity index (χ1) is 13.6. The molecule has 2 atom stereocenters. The SMILES string of the molecule is COC(=O)CC(CCCNC(C)=O)NC(=O)CC(CCCNC(C)=O)NC(C)=O. The van der Waals surface area contributed by atoms with E-state index in [0.717, 1.165) is 0 Å². The van der Waals surface area contributed by atoms with Crippen molar-refractivity contribution in [2.45, 2.75) is 71.4 Å². The first kappa shape index (κ1) is 26.4. The highest BCUT2D eigenvalue weighted by atomic mass is 16.5. The lowest BCUT2D eigenvalue weighted by molar-refractivity contribution is -0.141. The molecule has 0 bridgehead atoms. The van der Waals surface area contributed by atoms with Crippen molar-refractivity contribution >= 4 is 29.6 Å². The van der Waals surface area contributed by atoms with E-state index in [4.69, 9.17) is 0 Å². The molecule has 4 N–H and O–H groups in total. The molecule has 0 aromatic heterocycles. The van der Waals surface area contributed by atoms with Crippen molar-refractivity contribution in [3.63, 3.8) is 0 Å². The topological polar surface area (TPSA) is 143 Å². The molecule has 10 nitrogen and oxygen atoms in total. The molecule has 0 fully saturated rings. The van der Waals surface area contributed by atoms with Gasteiger partial charge < -0.3 is 26.0 Å². The van der Waals surface area contributed by atoms with Gasteiger partial charge in [-0.25, -0.2) is 0 Å². The predicted molar refractivity (Wildman–Crippen MR) is 107 cm³/mol. The Morgan fingerprint density at radius 1 is 0.724 bits per heavy atom. The molecule has 0 rings (SSSR count). The zero-order valence-corrected chi connectivity index (χ0v) is 17.8. The fourth-order valence-corrected chi connectivity index (χ4v) is 2.76. The number of esters is 1. The van der Waals surface area contributed by atoms with E-state index < -0.39 is 12.0 Å². The van der Waals surface area contributed by atoms with Gasteiger partial charge in [-0.15, -0.1) is 0 Å². The third-order valence-corrected chi connectivity index (χ3v) is 4.05. The molecule has 0 aliphatic carbocycles. The summed E-state index contributed by atoms with van der Waals surface area (Å²) in [5, 5.41) is 10.9. The number of nitrogens with one attached hydrogen (secondary N) is 4. The van der Waals surface area contributed by atoms with Gasteiger partial charge in [0, 0.05) is 52.4 Å². The van der Waals surface area contributed by atoms with Gasteiger partial charge in [0.25, 0.3) is 0 Å². The van der Waals surface area contributed by atoms with Crippen molar-refractivity contribution < 1.29 is 28.7 Å². The van der Waals surface area contributed by atoms with E-state index in [-0.39, 0.29) is 42.5 Å². The fraction of sp³-hybridized carbons (Fsp3) is 0.737. The zero-order chi connectivity index (χ0) is 22.2. The molecule has 10 heteroatoms. The Morgan fingerprint density at radius 3 is 1.62 bits per heavy atom. The molecule has 0 aliphatic heterocycles. The normalized spacial score (nSPS) is 12.3. The van der Waals surface area contributed by atoms with Crippen molar-refractivity contribution in [1.82, 2.24) is 21.3 Å². The van der Waals surface area contributed by atoms with Crippen molar-refractivity contribution in [2.75, 3.05) is 20.2 Å². The highest BCUT2D eigenvalue weighted by molar-refractivity contribution is 5.79. The predicted octanol–water partition coefficient (Wildman–Crippen LogP) is -0.238. The zero-order valence-electron chi connectivity index (χ0n) is 17.8. The van der Waals surface area contributed by atoms with Crippen LogP contribution in [-0.2, 0) is 28.7 Å². The summed E-state index contributed by atoms with van der Waals surface area (Å²) in [5.74, 6) is -1.26. The maximum absolute atomic E-state index is 12.4. The highest BCUT2D eigenvalue weighted by Gasteiger charge is 2.20. The van der Waals surface area contributed by atoms with Crippen LogP contribution in [0.25, 0.3) is 0 Å². The molecule has 0 saturated heterocycles. The Bertz CT molecular complexity index is 567. The van der Waals surface area contributed by atoms with Gasteiger partial charge in [-0.3, -0.25) is 24.0 Å². The Hall–Kier alpha value is -2.65. The fourth-order valence-electron chi connectivity index (χ4n) is 2.76. The Morgan fingerprint density at radius 2 is 1.21 bits per heavy atom. The molecule has 0 aliphatic rings. The molecule has 4 amide bonds. The second-order valence-corrected chi connectivity index (χ2v) is 6.90. The van der Waals surface area contributed by atoms with E-state index in [1.807, 2.05) is 0 Å². The number of carbonyl (C=O) groups is 5. The molecular weight excluding hydrogens is 380 g/mol. The summed E-state index contributed by atoms with van der Waals surface area (Å²) >= 11 is 0. The molecular formula is C19H34N4O6. The lowest BCUT2D eigenvalue weighted by Crippen LogP contribution is -2.42. The van der Waals surface area contributed by atoms with Crippen molar-refractivity contribution in [2.24, 2.45) is 0 Å². The third-order valence-electron chi connectivity index (χ3n) is 4.05. The standard InChI is InChI=1S/C19H34N4O6/c1-13(24)20-9-5-7-16(22-15(3)26)11-18(27)23-17(12-19(28)29-4)8-6-10-21-14(2)25/h16-17H,5-12H2,1-4H3,(H,20,24)(H,21,25)(H,22,26)(H,23,27). The summed E-state index contributed by atoms with van der Waals surface area (Å²) in [6, 6.07) is -0.805. The second kappa shape index (κ2) is 15.3. The van der Waals surface area contributed by atoms with Crippen LogP contribution in [0.3, 0.4) is 0 Å². The Balaban J connectivity index is 4.66. The lowest BCUT2D eigenvalue weighted by Gasteiger charge is -2.21. The van der Waals surface area contributed by atoms with Crippen LogP contribution in [0.2, 0.25) is 0 Å². The first-order valence-corrected chi connectivity index (χ1v) is 9.76. The quantitative estimate of drug-likeness (QED) is 0.228. The minimum absolute atomic E-state index is 0.0235. The number of carbonyl (C=O) groups excluding carboxylic acids is 5. The van der Waals surface area contributed by atoms with E-state index in [1.165, 1.54) is 27.9 Å². The van der Waals surface area contributed by atoms with E-state index in [9.17, 15) is 24.0 Å². The van der Waals surface area contributed by atoms with E-state index in [2.05, 4.69) is 26.0 Å². The van der Waals surface area contributed by atoms with Crippen LogP contribution < -0.4 is 21.3 Å². The number of ether oxygens (including phenoxy) is 1. The largest absolute Gasteiger partial charge is 0.469 e. The summed E-state index contributed by atoms with van der Waals surface area (Å²) in [6.45, 7) is 5.12. The number of hydrogen-bond acceptors (Lipinski definition) is 6. The van der Waals surface area contributed by atoms with E-state index >= 15 is 0 Å². The van der Waals surface area contributed by atoms with Gasteiger partial charge in [0.2, 0.25) is 23.6 Å².